The number of hydrogen-bond donors (Lipinski definition) is 2. The predicted molar refractivity (Wildman–Crippen MR) is 90.4 cm³/mol. The second kappa shape index (κ2) is 7.47. The fourth-order valence-corrected chi connectivity index (χ4v) is 2.68. The van der Waals surface area contributed by atoms with Crippen LogP contribution in [0.5, 0.6) is 11.5 Å². The Labute approximate surface area is 141 Å². The second-order valence-electron chi connectivity index (χ2n) is 5.84. The highest BCUT2D eigenvalue weighted by atomic mass is 16.7. The van der Waals surface area contributed by atoms with Gasteiger partial charge in [0.25, 0.3) is 0 Å². The molecule has 0 aliphatic carbocycles. The normalized spacial score (nSPS) is 15.1. The van der Waals surface area contributed by atoms with Crippen LogP contribution in [-0.4, -0.2) is 30.3 Å². The van der Waals surface area contributed by atoms with E-state index in [2.05, 4.69) is 5.32 Å². The molecule has 1 aliphatic heterocycles. The number of benzene rings is 2. The minimum atomic E-state index is -0.605. The quantitative estimate of drug-likeness (QED) is 0.765. The van der Waals surface area contributed by atoms with Gasteiger partial charge in [0.2, 0.25) is 6.79 Å². The summed E-state index contributed by atoms with van der Waals surface area (Å²) in [5.74, 6) is 1.31. The van der Waals surface area contributed by atoms with Gasteiger partial charge in [0, 0.05) is 24.6 Å². The van der Waals surface area contributed by atoms with E-state index in [9.17, 15) is 9.90 Å². The van der Waals surface area contributed by atoms with Crippen LogP contribution in [0, 0.1) is 0 Å². The number of carbonyl (C=O) groups excluding carboxylic acids is 1. The lowest BCUT2D eigenvalue weighted by Crippen LogP contribution is -2.33. The molecule has 2 aromatic rings. The number of fused-ring (bicyclic) bond motifs is 1. The third kappa shape index (κ3) is 3.75. The molecule has 0 fully saturated rings. The minimum absolute atomic E-state index is 0.0298. The average Bonchev–Trinajstić information content (AvgIpc) is 3.09. The summed E-state index contributed by atoms with van der Waals surface area (Å²) >= 11 is 0. The largest absolute Gasteiger partial charge is 0.454 e. The van der Waals surface area contributed by atoms with Gasteiger partial charge in [0.1, 0.15) is 0 Å². The Kier molecular flexibility index (Phi) is 5.13. The van der Waals surface area contributed by atoms with Crippen LogP contribution in [0.15, 0.2) is 48.5 Å². The lowest BCUT2D eigenvalue weighted by atomic mass is 10.0. The van der Waals surface area contributed by atoms with E-state index in [0.29, 0.717) is 30.0 Å². The SMILES string of the molecule is CC(NCCC(=O)c1ccc2c(c1)OCO2)C(O)c1ccccc1. The van der Waals surface area contributed by atoms with Crippen molar-refractivity contribution < 1.29 is 19.4 Å². The highest BCUT2D eigenvalue weighted by Gasteiger charge is 2.18. The van der Waals surface area contributed by atoms with E-state index in [-0.39, 0.29) is 18.6 Å². The first kappa shape index (κ1) is 16.5. The van der Waals surface area contributed by atoms with Gasteiger partial charge in [-0.15, -0.1) is 0 Å². The maximum Gasteiger partial charge on any atom is 0.231 e. The number of rotatable bonds is 7. The summed E-state index contributed by atoms with van der Waals surface area (Å²) in [5, 5.41) is 13.5. The maximum atomic E-state index is 12.3. The number of aliphatic hydroxyl groups is 1. The number of ether oxygens (including phenoxy) is 2. The Hall–Kier alpha value is -2.37. The first-order valence-electron chi connectivity index (χ1n) is 8.04. The first-order valence-corrected chi connectivity index (χ1v) is 8.04. The predicted octanol–water partition coefficient (Wildman–Crippen LogP) is 2.70. The molecule has 0 spiro atoms. The lowest BCUT2D eigenvalue weighted by molar-refractivity contribution is 0.0971. The van der Waals surface area contributed by atoms with Gasteiger partial charge < -0.3 is 19.9 Å². The molecular weight excluding hydrogens is 306 g/mol. The molecule has 5 nitrogen and oxygen atoms in total. The number of Topliss-reactive ketones (excluding diaryl/α,β-unsaturated/α-hetero) is 1. The van der Waals surface area contributed by atoms with E-state index >= 15 is 0 Å². The summed E-state index contributed by atoms with van der Waals surface area (Å²) < 4.78 is 10.5. The van der Waals surface area contributed by atoms with E-state index in [4.69, 9.17) is 9.47 Å². The van der Waals surface area contributed by atoms with E-state index < -0.39 is 6.10 Å². The maximum absolute atomic E-state index is 12.3. The summed E-state index contributed by atoms with van der Waals surface area (Å²) in [6.45, 7) is 2.60. The zero-order valence-corrected chi connectivity index (χ0v) is 13.6. The molecule has 2 atom stereocenters. The summed E-state index contributed by atoms with van der Waals surface area (Å²) in [6, 6.07) is 14.6. The molecule has 126 valence electrons. The molecule has 0 saturated heterocycles. The van der Waals surface area contributed by atoms with Crippen molar-refractivity contribution in [2.75, 3.05) is 13.3 Å². The molecule has 1 heterocycles. The van der Waals surface area contributed by atoms with Crippen molar-refractivity contribution in [3.05, 3.63) is 59.7 Å². The third-order valence-electron chi connectivity index (χ3n) is 4.13. The highest BCUT2D eigenvalue weighted by Crippen LogP contribution is 2.32. The van der Waals surface area contributed by atoms with Gasteiger partial charge in [-0.3, -0.25) is 4.79 Å². The molecule has 2 N–H and O–H groups in total. The summed E-state index contributed by atoms with van der Waals surface area (Å²) in [4.78, 5) is 12.3. The molecule has 0 amide bonds. The minimum Gasteiger partial charge on any atom is -0.454 e. The monoisotopic (exact) mass is 327 g/mol. The molecule has 0 radical (unpaired) electrons. The van der Waals surface area contributed by atoms with E-state index in [1.165, 1.54) is 0 Å². The van der Waals surface area contributed by atoms with Crippen LogP contribution in [0.25, 0.3) is 0 Å². The van der Waals surface area contributed by atoms with E-state index in [1.807, 2.05) is 37.3 Å². The lowest BCUT2D eigenvalue weighted by Gasteiger charge is -2.20. The van der Waals surface area contributed by atoms with Gasteiger partial charge >= 0.3 is 0 Å². The van der Waals surface area contributed by atoms with Crippen molar-refractivity contribution in [2.45, 2.75) is 25.5 Å². The molecule has 0 bridgehead atoms. The summed E-state index contributed by atoms with van der Waals surface area (Å²) in [6.07, 6.45) is -0.252. The average molecular weight is 327 g/mol. The van der Waals surface area contributed by atoms with Crippen LogP contribution in [0.4, 0.5) is 0 Å². The number of nitrogens with one attached hydrogen (secondary N) is 1. The Morgan fingerprint density at radius 2 is 1.92 bits per heavy atom. The van der Waals surface area contributed by atoms with Gasteiger partial charge in [0.05, 0.1) is 6.10 Å². The molecule has 2 unspecified atom stereocenters. The van der Waals surface area contributed by atoms with Crippen LogP contribution in [0.3, 0.4) is 0 Å². The Bertz CT molecular complexity index is 702. The molecule has 24 heavy (non-hydrogen) atoms. The number of carbonyl (C=O) groups is 1. The van der Waals surface area contributed by atoms with Crippen LogP contribution < -0.4 is 14.8 Å². The van der Waals surface area contributed by atoms with E-state index in [0.717, 1.165) is 5.56 Å². The molecule has 3 rings (SSSR count). The highest BCUT2D eigenvalue weighted by molar-refractivity contribution is 5.96. The third-order valence-corrected chi connectivity index (χ3v) is 4.13. The smallest absolute Gasteiger partial charge is 0.231 e. The van der Waals surface area contributed by atoms with Gasteiger partial charge in [-0.25, -0.2) is 0 Å². The van der Waals surface area contributed by atoms with Crippen molar-refractivity contribution in [3.8, 4) is 11.5 Å². The van der Waals surface area contributed by atoms with Crippen LogP contribution in [-0.2, 0) is 0 Å². The second-order valence-corrected chi connectivity index (χ2v) is 5.84. The van der Waals surface area contributed by atoms with Crippen LogP contribution >= 0.6 is 0 Å². The van der Waals surface area contributed by atoms with E-state index in [1.54, 1.807) is 18.2 Å². The van der Waals surface area contributed by atoms with Crippen LogP contribution in [0.1, 0.15) is 35.4 Å². The molecular formula is C19H21NO4. The standard InChI is InChI=1S/C19H21NO4/c1-13(19(22)14-5-3-2-4-6-14)20-10-9-16(21)15-7-8-17-18(11-15)24-12-23-17/h2-8,11,13,19-20,22H,9-10,12H2,1H3. The Balaban J connectivity index is 1.50. The summed E-state index contributed by atoms with van der Waals surface area (Å²) in [7, 11) is 0. The van der Waals surface area contributed by atoms with Crippen molar-refractivity contribution >= 4 is 5.78 Å². The zero-order valence-electron chi connectivity index (χ0n) is 13.6. The van der Waals surface area contributed by atoms with Gasteiger partial charge in [-0.1, -0.05) is 30.3 Å². The number of hydrogen-bond acceptors (Lipinski definition) is 5. The zero-order chi connectivity index (χ0) is 16.9. The molecule has 5 heteroatoms. The fourth-order valence-electron chi connectivity index (χ4n) is 2.68. The number of aliphatic hydroxyl groups excluding tert-OH is 1. The Morgan fingerprint density at radius 1 is 1.17 bits per heavy atom. The molecule has 2 aromatic carbocycles. The molecule has 1 aliphatic rings. The van der Waals surface area contributed by atoms with Crippen molar-refractivity contribution in [1.29, 1.82) is 0 Å². The summed E-state index contributed by atoms with van der Waals surface area (Å²) in [5.41, 5.74) is 1.47. The molecule has 0 aromatic heterocycles. The fraction of sp³-hybridized carbons (Fsp3) is 0.316. The number of ketones is 1. The Morgan fingerprint density at radius 3 is 2.71 bits per heavy atom. The van der Waals surface area contributed by atoms with Gasteiger partial charge in [-0.2, -0.15) is 0 Å². The van der Waals surface area contributed by atoms with Gasteiger partial charge in [-0.05, 0) is 30.7 Å². The van der Waals surface area contributed by atoms with Crippen molar-refractivity contribution in [3.63, 3.8) is 0 Å². The topological polar surface area (TPSA) is 67.8 Å². The van der Waals surface area contributed by atoms with Gasteiger partial charge in [0.15, 0.2) is 17.3 Å². The van der Waals surface area contributed by atoms with Crippen molar-refractivity contribution in [2.24, 2.45) is 0 Å². The van der Waals surface area contributed by atoms with Crippen molar-refractivity contribution in [1.82, 2.24) is 5.32 Å². The first-order chi connectivity index (χ1) is 11.6. The van der Waals surface area contributed by atoms with Crippen LogP contribution in [0.2, 0.25) is 0 Å². The molecule has 0 saturated carbocycles.